The maximum Gasteiger partial charge on any atom is 0.266 e. The quantitative estimate of drug-likeness (QED) is 0.475. The molecule has 0 fully saturated rings. The fourth-order valence-corrected chi connectivity index (χ4v) is 2.42. The average molecular weight is 309 g/mol. The molecule has 1 N–H and O–H groups in total. The summed E-state index contributed by atoms with van der Waals surface area (Å²) in [5.74, 6) is -0.345. The van der Waals surface area contributed by atoms with Crippen LogP contribution in [0, 0.1) is 32.1 Å². The molecule has 0 aromatic heterocycles. The molecule has 0 saturated carbocycles. The molecule has 120 valence electrons. The van der Waals surface area contributed by atoms with Gasteiger partial charge in [0.05, 0.1) is 0 Å². The average Bonchev–Trinajstić information content (AvgIpc) is 2.49. The Labute approximate surface area is 138 Å². The Kier molecular flexibility index (Phi) is 6.82. The topological polar surface area (TPSA) is 56.1 Å². The van der Waals surface area contributed by atoms with Crippen LogP contribution >= 0.6 is 0 Å². The number of aryl methyl sites for hydroxylation is 3. The third-order valence-electron chi connectivity index (χ3n) is 3.37. The van der Waals surface area contributed by atoms with E-state index < -0.39 is 0 Å². The zero-order valence-corrected chi connectivity index (χ0v) is 14.0. The number of nitrogens with one attached hydrogen (secondary N) is 1. The molecule has 1 rings (SSSR count). The Bertz CT molecular complexity index is 647. The first kappa shape index (κ1) is 18.2. The van der Waals surface area contributed by atoms with Gasteiger partial charge < -0.3 is 10.2 Å². The molecule has 0 heterocycles. The summed E-state index contributed by atoms with van der Waals surface area (Å²) in [7, 11) is 0. The highest BCUT2D eigenvalue weighted by atomic mass is 16.2. The summed E-state index contributed by atoms with van der Waals surface area (Å²) in [6.45, 7) is 14.0. The smallest absolute Gasteiger partial charge is 0.266 e. The fraction of sp³-hybridized carbons (Fsp3) is 0.263. The van der Waals surface area contributed by atoms with E-state index in [0.717, 1.165) is 16.8 Å². The maximum absolute atomic E-state index is 12.4. The number of hydrogen-bond acceptors (Lipinski definition) is 3. The largest absolute Gasteiger partial charge is 0.360 e. The summed E-state index contributed by atoms with van der Waals surface area (Å²) in [4.78, 5) is 13.9. The third kappa shape index (κ3) is 4.86. The number of carbonyl (C=O) groups is 1. The molecule has 0 radical (unpaired) electrons. The zero-order valence-electron chi connectivity index (χ0n) is 14.0. The van der Waals surface area contributed by atoms with Crippen molar-refractivity contribution < 1.29 is 4.79 Å². The van der Waals surface area contributed by atoms with E-state index in [4.69, 9.17) is 0 Å². The molecule has 0 aliphatic rings. The van der Waals surface area contributed by atoms with Crippen LogP contribution in [-0.4, -0.2) is 23.9 Å². The van der Waals surface area contributed by atoms with Crippen LogP contribution in [0.15, 0.2) is 49.2 Å². The first-order valence-corrected chi connectivity index (χ1v) is 7.40. The van der Waals surface area contributed by atoms with E-state index >= 15 is 0 Å². The maximum atomic E-state index is 12.4. The SMILES string of the molecule is C=CCN(CC=C)C(=O)/C(C#N)=C\Nc1c(C)cc(C)cc1C. The van der Waals surface area contributed by atoms with Crippen LogP contribution < -0.4 is 5.32 Å². The van der Waals surface area contributed by atoms with E-state index in [1.54, 1.807) is 12.2 Å². The van der Waals surface area contributed by atoms with E-state index in [2.05, 4.69) is 30.6 Å². The molecular weight excluding hydrogens is 286 g/mol. The van der Waals surface area contributed by atoms with Crippen LogP contribution in [0.2, 0.25) is 0 Å². The Morgan fingerprint density at radius 2 is 1.74 bits per heavy atom. The molecule has 0 atom stereocenters. The van der Waals surface area contributed by atoms with Crippen molar-refractivity contribution in [1.29, 1.82) is 5.26 Å². The summed E-state index contributed by atoms with van der Waals surface area (Å²) in [5, 5.41) is 12.4. The lowest BCUT2D eigenvalue weighted by atomic mass is 10.1. The van der Waals surface area contributed by atoms with E-state index in [1.165, 1.54) is 16.7 Å². The minimum atomic E-state index is -0.345. The first-order valence-electron chi connectivity index (χ1n) is 7.40. The first-order chi connectivity index (χ1) is 10.9. The summed E-state index contributed by atoms with van der Waals surface area (Å²) >= 11 is 0. The molecule has 0 saturated heterocycles. The zero-order chi connectivity index (χ0) is 17.4. The van der Waals surface area contributed by atoms with Crippen molar-refractivity contribution in [3.05, 3.63) is 65.9 Å². The molecule has 4 nitrogen and oxygen atoms in total. The second kappa shape index (κ2) is 8.60. The molecule has 0 unspecified atom stereocenters. The lowest BCUT2D eigenvalue weighted by molar-refractivity contribution is -0.125. The number of nitrogens with zero attached hydrogens (tertiary/aromatic N) is 2. The molecule has 1 aromatic rings. The molecule has 0 bridgehead atoms. The van der Waals surface area contributed by atoms with Gasteiger partial charge in [0, 0.05) is 25.0 Å². The molecule has 1 aromatic carbocycles. The van der Waals surface area contributed by atoms with E-state index in [1.807, 2.05) is 26.8 Å². The Morgan fingerprint density at radius 3 is 2.17 bits per heavy atom. The number of benzene rings is 1. The molecule has 0 aliphatic carbocycles. The van der Waals surface area contributed by atoms with Crippen molar-refractivity contribution in [2.75, 3.05) is 18.4 Å². The number of anilines is 1. The number of rotatable bonds is 7. The van der Waals surface area contributed by atoms with Crippen LogP contribution in [-0.2, 0) is 4.79 Å². The van der Waals surface area contributed by atoms with Gasteiger partial charge in [-0.3, -0.25) is 4.79 Å². The van der Waals surface area contributed by atoms with Crippen molar-refractivity contribution in [3.63, 3.8) is 0 Å². The van der Waals surface area contributed by atoms with Crippen LogP contribution in [0.4, 0.5) is 5.69 Å². The highest BCUT2D eigenvalue weighted by Gasteiger charge is 2.16. The summed E-state index contributed by atoms with van der Waals surface area (Å²) in [6, 6.07) is 6.07. The van der Waals surface area contributed by atoms with Crippen LogP contribution in [0.25, 0.3) is 0 Å². The number of nitriles is 1. The van der Waals surface area contributed by atoms with Crippen LogP contribution in [0.3, 0.4) is 0 Å². The van der Waals surface area contributed by atoms with Crippen LogP contribution in [0.1, 0.15) is 16.7 Å². The van der Waals surface area contributed by atoms with Gasteiger partial charge in [-0.05, 0) is 31.9 Å². The number of amides is 1. The lowest BCUT2D eigenvalue weighted by Gasteiger charge is -2.19. The van der Waals surface area contributed by atoms with E-state index in [0.29, 0.717) is 13.1 Å². The van der Waals surface area contributed by atoms with Gasteiger partial charge in [-0.1, -0.05) is 29.8 Å². The standard InChI is InChI=1S/C19H23N3O/c1-6-8-22(9-7-2)19(23)17(12-20)13-21-18-15(4)10-14(3)11-16(18)5/h6-7,10-11,13,21H,1-2,8-9H2,3-5H3/b17-13-. The predicted molar refractivity (Wildman–Crippen MR) is 94.9 cm³/mol. The minimum Gasteiger partial charge on any atom is -0.360 e. The van der Waals surface area contributed by atoms with Crippen molar-refractivity contribution in [3.8, 4) is 6.07 Å². The highest BCUT2D eigenvalue weighted by molar-refractivity contribution is 5.97. The second-order valence-electron chi connectivity index (χ2n) is 5.38. The van der Waals surface area contributed by atoms with E-state index in [-0.39, 0.29) is 11.5 Å². The van der Waals surface area contributed by atoms with Crippen molar-refractivity contribution in [2.24, 2.45) is 0 Å². The van der Waals surface area contributed by atoms with Gasteiger partial charge in [0.15, 0.2) is 0 Å². The molecular formula is C19H23N3O. The molecule has 1 amide bonds. The molecule has 0 spiro atoms. The lowest BCUT2D eigenvalue weighted by Crippen LogP contribution is -2.32. The van der Waals surface area contributed by atoms with Gasteiger partial charge in [0.2, 0.25) is 0 Å². The molecule has 4 heteroatoms. The Hall–Kier alpha value is -2.80. The number of carbonyl (C=O) groups excluding carboxylic acids is 1. The second-order valence-corrected chi connectivity index (χ2v) is 5.38. The fourth-order valence-electron chi connectivity index (χ4n) is 2.42. The van der Waals surface area contributed by atoms with Gasteiger partial charge in [-0.25, -0.2) is 0 Å². The van der Waals surface area contributed by atoms with Gasteiger partial charge >= 0.3 is 0 Å². The minimum absolute atomic E-state index is 0.0491. The molecule has 23 heavy (non-hydrogen) atoms. The Balaban J connectivity index is 3.04. The monoisotopic (exact) mass is 309 g/mol. The van der Waals surface area contributed by atoms with Crippen molar-refractivity contribution in [1.82, 2.24) is 4.90 Å². The van der Waals surface area contributed by atoms with E-state index in [9.17, 15) is 10.1 Å². The van der Waals surface area contributed by atoms with Crippen LogP contribution in [0.5, 0.6) is 0 Å². The normalized spacial score (nSPS) is 10.6. The van der Waals surface area contributed by atoms with Gasteiger partial charge in [0.1, 0.15) is 11.6 Å². The molecule has 0 aliphatic heterocycles. The summed E-state index contributed by atoms with van der Waals surface area (Å²) < 4.78 is 0. The van der Waals surface area contributed by atoms with Gasteiger partial charge in [0.25, 0.3) is 5.91 Å². The predicted octanol–water partition coefficient (Wildman–Crippen LogP) is 3.63. The number of hydrogen-bond donors (Lipinski definition) is 1. The van der Waals surface area contributed by atoms with Crippen molar-refractivity contribution >= 4 is 11.6 Å². The summed E-state index contributed by atoms with van der Waals surface area (Å²) in [5.41, 5.74) is 4.27. The summed E-state index contributed by atoms with van der Waals surface area (Å²) in [6.07, 6.45) is 4.71. The van der Waals surface area contributed by atoms with Gasteiger partial charge in [-0.15, -0.1) is 13.2 Å². The Morgan fingerprint density at radius 1 is 1.22 bits per heavy atom. The van der Waals surface area contributed by atoms with Crippen molar-refractivity contribution in [2.45, 2.75) is 20.8 Å². The van der Waals surface area contributed by atoms with Gasteiger partial charge in [-0.2, -0.15) is 5.26 Å². The third-order valence-corrected chi connectivity index (χ3v) is 3.37. The highest BCUT2D eigenvalue weighted by Crippen LogP contribution is 2.22.